The molecule has 0 bridgehead atoms. The summed E-state index contributed by atoms with van der Waals surface area (Å²) in [6.45, 7) is 5.37. The molecule has 0 atom stereocenters. The molecule has 0 saturated carbocycles. The molecule has 6 aliphatic rings. The fourth-order valence-corrected chi connectivity index (χ4v) is 11.7. The monoisotopic (exact) mass is 1500 g/mol. The molecule has 0 aromatic heterocycles. The van der Waals surface area contributed by atoms with Crippen molar-refractivity contribution >= 4 is 116 Å². The van der Waals surface area contributed by atoms with E-state index in [1.807, 2.05) is 6.92 Å². The molecular weight excluding hydrogens is 1460 g/mol. The van der Waals surface area contributed by atoms with Crippen molar-refractivity contribution in [2.45, 2.75) is 75.4 Å². The number of nitrogens with zero attached hydrogens (tertiary/aromatic N) is 1. The first-order chi connectivity index (χ1) is 47.5. The van der Waals surface area contributed by atoms with Gasteiger partial charge in [0, 0.05) is 105 Å². The number of aliphatic carboxylic acids is 2. The Labute approximate surface area is 580 Å². The summed E-state index contributed by atoms with van der Waals surface area (Å²) in [4.78, 5) is 121. The zero-order valence-corrected chi connectivity index (χ0v) is 54.3. The summed E-state index contributed by atoms with van der Waals surface area (Å²) in [6, 6.07) is 21.2. The molecule has 22 nitrogen and oxygen atoms in total. The van der Waals surface area contributed by atoms with Crippen LogP contribution in [0.15, 0.2) is 109 Å². The Morgan fingerprint density at radius 2 is 0.745 bits per heavy atom. The minimum atomic E-state index is -5.24. The molecule has 2 saturated heterocycles. The number of likely N-dealkylation sites (tertiary alicyclic amines) is 1. The lowest BCUT2D eigenvalue weighted by atomic mass is 9.77. The number of nitrogens with one attached hydrogen (secondary N) is 5. The molecular formula is C65H49Cl3F12N6O16. The molecule has 6 aliphatic heterocycles. The summed E-state index contributed by atoms with van der Waals surface area (Å²) in [7, 11) is 0. The van der Waals surface area contributed by atoms with Gasteiger partial charge in [0.25, 0.3) is 11.1 Å². The summed E-state index contributed by atoms with van der Waals surface area (Å²) < 4.78 is 178. The van der Waals surface area contributed by atoms with Gasteiger partial charge in [-0.3, -0.25) is 38.4 Å². The normalized spacial score (nSPS) is 16.6. The molecule has 12 rings (SSSR count). The molecule has 7 N–H and O–H groups in total. The number of benzene rings is 6. The van der Waals surface area contributed by atoms with Crippen LogP contribution in [-0.4, -0.2) is 130 Å². The van der Waals surface area contributed by atoms with Crippen molar-refractivity contribution in [2.24, 2.45) is 10.8 Å². The van der Waals surface area contributed by atoms with E-state index in [0.717, 1.165) is 74.5 Å². The molecule has 0 aliphatic carbocycles. The maximum atomic E-state index is 13.5. The van der Waals surface area contributed by atoms with Crippen LogP contribution < -0.4 is 36.1 Å². The average molecular weight is 1500 g/mol. The molecule has 6 heterocycles. The summed E-state index contributed by atoms with van der Waals surface area (Å²) in [6.07, 6.45) is -19.0. The lowest BCUT2D eigenvalue weighted by Gasteiger charge is -2.37. The third-order valence-electron chi connectivity index (χ3n) is 17.0. The minimum absolute atomic E-state index is 0.0441. The van der Waals surface area contributed by atoms with E-state index in [-0.39, 0.29) is 133 Å². The second kappa shape index (κ2) is 28.3. The van der Waals surface area contributed by atoms with Gasteiger partial charge in [-0.15, -0.1) is 23.2 Å². The summed E-state index contributed by atoms with van der Waals surface area (Å²) in [5.74, 6) is -14.1. The number of piperidine rings is 2. The third-order valence-corrected chi connectivity index (χ3v) is 17.3. The number of anilines is 4. The third kappa shape index (κ3) is 15.2. The molecule has 0 radical (unpaired) electrons. The topological polar surface area (TPSA) is 311 Å². The van der Waals surface area contributed by atoms with Crippen molar-refractivity contribution in [2.75, 3.05) is 52.8 Å². The van der Waals surface area contributed by atoms with Crippen LogP contribution in [0.1, 0.15) is 114 Å². The van der Waals surface area contributed by atoms with Crippen molar-refractivity contribution in [3.63, 3.8) is 0 Å². The zero-order valence-electron chi connectivity index (χ0n) is 52.0. The van der Waals surface area contributed by atoms with E-state index < -0.39 is 105 Å². The molecule has 37 heteroatoms. The van der Waals surface area contributed by atoms with Gasteiger partial charge in [0.1, 0.15) is 23.0 Å². The Balaban J connectivity index is 0.000000204. The van der Waals surface area contributed by atoms with Crippen molar-refractivity contribution in [3.8, 4) is 23.0 Å². The van der Waals surface area contributed by atoms with Crippen LogP contribution >= 0.6 is 34.8 Å². The number of fused-ring (bicyclic) bond motifs is 12. The highest BCUT2D eigenvalue weighted by molar-refractivity contribution is 6.67. The van der Waals surface area contributed by atoms with Gasteiger partial charge < -0.3 is 60.6 Å². The number of esters is 2. The first-order valence-corrected chi connectivity index (χ1v) is 31.0. The van der Waals surface area contributed by atoms with E-state index in [1.54, 1.807) is 28.2 Å². The summed E-state index contributed by atoms with van der Waals surface area (Å²) in [5.41, 5.74) is -6.26. The second-order valence-electron chi connectivity index (χ2n) is 23.7. The predicted molar refractivity (Wildman–Crippen MR) is 334 cm³/mol. The number of ether oxygens (including phenoxy) is 4. The molecule has 102 heavy (non-hydrogen) atoms. The lowest BCUT2D eigenvalue weighted by molar-refractivity contribution is -0.167. The van der Waals surface area contributed by atoms with Crippen LogP contribution in [0.4, 0.5) is 75.4 Å². The Morgan fingerprint density at radius 1 is 0.461 bits per heavy atom. The van der Waals surface area contributed by atoms with Crippen LogP contribution in [0.25, 0.3) is 0 Å². The molecule has 5 amide bonds. The van der Waals surface area contributed by atoms with Crippen molar-refractivity contribution < 1.29 is 130 Å². The highest BCUT2D eigenvalue weighted by atomic mass is 35.5. The van der Waals surface area contributed by atoms with Crippen LogP contribution in [0.2, 0.25) is 0 Å². The van der Waals surface area contributed by atoms with Gasteiger partial charge in [-0.1, -0.05) is 12.1 Å². The number of hydrogen-bond acceptors (Lipinski definition) is 15. The number of alkyl halides is 14. The Kier molecular flexibility index (Phi) is 21.1. The van der Waals surface area contributed by atoms with E-state index in [4.69, 9.17) is 58.9 Å². The first kappa shape index (κ1) is 76.0. The van der Waals surface area contributed by atoms with Gasteiger partial charge in [-0.05, 0) is 137 Å². The Bertz CT molecular complexity index is 4300. The van der Waals surface area contributed by atoms with Gasteiger partial charge in [0.05, 0.1) is 27.3 Å². The molecule has 2 spiro atoms. The van der Waals surface area contributed by atoms with Crippen LogP contribution in [0.5, 0.6) is 23.0 Å². The van der Waals surface area contributed by atoms with E-state index in [0.29, 0.717) is 0 Å². The van der Waals surface area contributed by atoms with E-state index >= 15 is 0 Å². The Morgan fingerprint density at radius 3 is 1.03 bits per heavy atom. The molecule has 0 unspecified atom stereocenters. The standard InChI is InChI=1S/C32H23F6N3O8.C25H11ClF6N2O6.C7H13NO2.CH2Cl2/c1-29(28(46)47)8-10-41(11-9-29)24(42)15-2-5-19-18(12-15)25(43)49-30(19)20-6-3-16(39-26(44)31(33,34)35)13-22(20)48-23-14-17(4-7-21(23)30)40-27(45)32(36,37)38;26-19(35)10-1-4-14-13(7-10)20(36)40-23(14)15-5-2-11(33-21(37)24(27,28)29)8-17(15)39-18-9-12(3-6-16(18)23)34-22(38)25(30,31)32;1-7(6(9)10)2-4-8-5-3-7;2-1-3/h2-7,12-14H,8-11H2,1H3,(H,39,44)(H,40,45)(H,46,47);1-9H,(H,33,37)(H,34,38);8H,2-5H2,1H3,(H,9,10);1H2. The SMILES string of the molecule is CC1(C(=O)O)CCN(C(=O)c2ccc3c(c2)C(=O)OC32c3ccc(NC(=O)C(F)(F)F)cc3Oc3cc(NC(=O)C(F)(F)F)ccc32)CC1.CC1(C(=O)O)CCNCC1.ClCCl.O=C(Cl)c1ccc2c(c1)C(=O)OC21c2ccc(NC(=O)C(F)(F)F)cc2Oc2cc(NC(=O)C(F)(F)F)ccc21. The maximum absolute atomic E-state index is 13.5. The second-order valence-corrected chi connectivity index (χ2v) is 24.8. The fraction of sp³-hybridized carbons (Fsp3) is 0.292. The van der Waals surface area contributed by atoms with Crippen LogP contribution in [0.3, 0.4) is 0 Å². The number of amides is 5. The number of hydrogen-bond donors (Lipinski definition) is 7. The highest BCUT2D eigenvalue weighted by Gasteiger charge is 2.56. The first-order valence-electron chi connectivity index (χ1n) is 29.5. The predicted octanol–water partition coefficient (Wildman–Crippen LogP) is 13.1. The minimum Gasteiger partial charge on any atom is -0.481 e. The number of carboxylic acids is 2. The van der Waals surface area contributed by atoms with Crippen molar-refractivity contribution in [3.05, 3.63) is 165 Å². The van der Waals surface area contributed by atoms with Gasteiger partial charge in [0.15, 0.2) is 11.2 Å². The molecule has 6 aromatic carbocycles. The molecule has 540 valence electrons. The largest absolute Gasteiger partial charge is 0.481 e. The lowest BCUT2D eigenvalue weighted by Crippen LogP contribution is -2.45. The molecule has 6 aromatic rings. The van der Waals surface area contributed by atoms with Gasteiger partial charge in [-0.2, -0.15) is 52.7 Å². The van der Waals surface area contributed by atoms with E-state index in [2.05, 4.69) is 5.32 Å². The van der Waals surface area contributed by atoms with Gasteiger partial charge >= 0.3 is 72.2 Å². The van der Waals surface area contributed by atoms with Crippen molar-refractivity contribution in [1.82, 2.24) is 10.2 Å². The number of halogens is 15. The maximum Gasteiger partial charge on any atom is 0.471 e. The van der Waals surface area contributed by atoms with Crippen molar-refractivity contribution in [1.29, 1.82) is 0 Å². The fourth-order valence-electron chi connectivity index (χ4n) is 11.6. The number of carbonyl (C=O) groups is 10. The van der Waals surface area contributed by atoms with Crippen LogP contribution in [-0.2, 0) is 49.4 Å². The van der Waals surface area contributed by atoms with E-state index in [1.165, 1.54) is 65.6 Å². The van der Waals surface area contributed by atoms with E-state index in [9.17, 15) is 106 Å². The number of rotatable bonds is 8. The number of carbonyl (C=O) groups excluding carboxylic acids is 8. The highest BCUT2D eigenvalue weighted by Crippen LogP contribution is 2.59. The Hall–Kier alpha value is -10.2. The summed E-state index contributed by atoms with van der Waals surface area (Å²) >= 11 is 15.1. The van der Waals surface area contributed by atoms with Crippen LogP contribution in [0, 0.1) is 10.8 Å². The van der Waals surface area contributed by atoms with Gasteiger partial charge in [-0.25, -0.2) is 9.59 Å². The smallest absolute Gasteiger partial charge is 0.471 e. The zero-order chi connectivity index (χ0) is 75.2. The van der Waals surface area contributed by atoms with Gasteiger partial charge in [0.2, 0.25) is 0 Å². The molecule has 2 fully saturated rings. The summed E-state index contributed by atoms with van der Waals surface area (Å²) in [5, 5.41) is 27.4. The average Bonchev–Trinajstić information content (AvgIpc) is 1.49. The number of carboxylic acid groups (broad SMARTS) is 2. The quantitative estimate of drug-likeness (QED) is 0.0322.